The lowest BCUT2D eigenvalue weighted by Gasteiger charge is -2.24. The molecule has 0 aliphatic carbocycles. The topological polar surface area (TPSA) is 97.4 Å². The van der Waals surface area contributed by atoms with Gasteiger partial charge in [-0.25, -0.2) is 9.78 Å². The van der Waals surface area contributed by atoms with Crippen LogP contribution in [0.5, 0.6) is 5.75 Å². The first-order valence-corrected chi connectivity index (χ1v) is 8.94. The fraction of sp³-hybridized carbons (Fsp3) is 0.421. The summed E-state index contributed by atoms with van der Waals surface area (Å²) in [5, 5.41) is 8.77. The first-order valence-electron chi connectivity index (χ1n) is 8.94. The standard InChI is InChI=1S/C19H25N5O3/c1-12-6-16(23-19(25)24-18-10-21-14(3)8-22-18)17(7-13(12)2)27-11-15-9-20-4-5-26-15/h6-8,10,15,20H,4-5,9,11H2,1-3H3,(H2,22,23,24,25). The van der Waals surface area contributed by atoms with Crippen molar-refractivity contribution in [3.8, 4) is 5.75 Å². The van der Waals surface area contributed by atoms with Gasteiger partial charge in [0.25, 0.3) is 0 Å². The summed E-state index contributed by atoms with van der Waals surface area (Å²) >= 11 is 0. The van der Waals surface area contributed by atoms with Gasteiger partial charge < -0.3 is 20.1 Å². The number of aromatic nitrogens is 2. The number of benzene rings is 1. The van der Waals surface area contributed by atoms with Crippen LogP contribution in [0.3, 0.4) is 0 Å². The fourth-order valence-electron chi connectivity index (χ4n) is 2.64. The Kier molecular flexibility index (Phi) is 6.20. The molecule has 1 aliphatic rings. The molecule has 1 unspecified atom stereocenters. The number of aryl methyl sites for hydroxylation is 3. The molecule has 1 aromatic heterocycles. The van der Waals surface area contributed by atoms with E-state index in [1.807, 2.05) is 32.9 Å². The molecule has 2 heterocycles. The van der Waals surface area contributed by atoms with Gasteiger partial charge in [0.15, 0.2) is 5.82 Å². The van der Waals surface area contributed by atoms with Gasteiger partial charge in [-0.3, -0.25) is 10.3 Å². The van der Waals surface area contributed by atoms with Crippen LogP contribution in [-0.4, -0.2) is 48.4 Å². The van der Waals surface area contributed by atoms with Gasteiger partial charge in [0.1, 0.15) is 18.5 Å². The molecule has 1 saturated heterocycles. The van der Waals surface area contributed by atoms with Crippen LogP contribution in [-0.2, 0) is 4.74 Å². The Hall–Kier alpha value is -2.71. The Morgan fingerprint density at radius 3 is 2.74 bits per heavy atom. The van der Waals surface area contributed by atoms with Crippen LogP contribution >= 0.6 is 0 Å². The summed E-state index contributed by atoms with van der Waals surface area (Å²) in [6.45, 7) is 8.52. The van der Waals surface area contributed by atoms with E-state index >= 15 is 0 Å². The maximum Gasteiger partial charge on any atom is 0.324 e. The zero-order chi connectivity index (χ0) is 19.2. The predicted molar refractivity (Wildman–Crippen MR) is 103 cm³/mol. The zero-order valence-electron chi connectivity index (χ0n) is 15.8. The van der Waals surface area contributed by atoms with Crippen molar-refractivity contribution in [2.45, 2.75) is 26.9 Å². The fourth-order valence-corrected chi connectivity index (χ4v) is 2.64. The number of nitrogens with one attached hydrogen (secondary N) is 3. The Balaban J connectivity index is 1.67. The van der Waals surface area contributed by atoms with Gasteiger partial charge in [0, 0.05) is 13.1 Å². The van der Waals surface area contributed by atoms with Crippen LogP contribution in [0.1, 0.15) is 16.8 Å². The molecule has 2 aromatic rings. The van der Waals surface area contributed by atoms with Gasteiger partial charge in [0.2, 0.25) is 0 Å². The summed E-state index contributed by atoms with van der Waals surface area (Å²) in [7, 11) is 0. The van der Waals surface area contributed by atoms with E-state index in [0.717, 1.165) is 29.9 Å². The van der Waals surface area contributed by atoms with E-state index in [9.17, 15) is 4.79 Å². The molecule has 144 valence electrons. The lowest BCUT2D eigenvalue weighted by Crippen LogP contribution is -2.41. The molecular formula is C19H25N5O3. The molecule has 27 heavy (non-hydrogen) atoms. The van der Waals surface area contributed by atoms with E-state index in [2.05, 4.69) is 25.9 Å². The van der Waals surface area contributed by atoms with Crippen molar-refractivity contribution in [3.63, 3.8) is 0 Å². The predicted octanol–water partition coefficient (Wildman–Crippen LogP) is 2.41. The Morgan fingerprint density at radius 1 is 1.22 bits per heavy atom. The lowest BCUT2D eigenvalue weighted by atomic mass is 10.1. The summed E-state index contributed by atoms with van der Waals surface area (Å²) in [4.78, 5) is 20.6. The summed E-state index contributed by atoms with van der Waals surface area (Å²) in [6, 6.07) is 3.41. The molecule has 3 N–H and O–H groups in total. The number of urea groups is 1. The largest absolute Gasteiger partial charge is 0.489 e. The average molecular weight is 371 g/mol. The third-order valence-electron chi connectivity index (χ3n) is 4.30. The van der Waals surface area contributed by atoms with Crippen molar-refractivity contribution in [3.05, 3.63) is 41.3 Å². The SMILES string of the molecule is Cc1cnc(NC(=O)Nc2cc(C)c(C)cc2OCC2CNCCO2)cn1. The third-order valence-corrected chi connectivity index (χ3v) is 4.30. The second kappa shape index (κ2) is 8.79. The normalized spacial score (nSPS) is 16.6. The number of amides is 2. The van der Waals surface area contributed by atoms with Crippen molar-refractivity contribution < 1.29 is 14.3 Å². The number of rotatable bonds is 5. The quantitative estimate of drug-likeness (QED) is 0.747. The van der Waals surface area contributed by atoms with Gasteiger partial charge in [0.05, 0.1) is 30.4 Å². The van der Waals surface area contributed by atoms with Crippen molar-refractivity contribution >= 4 is 17.5 Å². The Labute approximate surface area is 158 Å². The lowest BCUT2D eigenvalue weighted by molar-refractivity contribution is 0.000339. The smallest absolute Gasteiger partial charge is 0.324 e. The molecule has 8 nitrogen and oxygen atoms in total. The highest BCUT2D eigenvalue weighted by Gasteiger charge is 2.16. The molecule has 0 bridgehead atoms. The number of hydrogen-bond donors (Lipinski definition) is 3. The minimum Gasteiger partial charge on any atom is -0.489 e. The van der Waals surface area contributed by atoms with Gasteiger partial charge in [-0.2, -0.15) is 0 Å². The average Bonchev–Trinajstić information content (AvgIpc) is 2.66. The molecule has 1 fully saturated rings. The van der Waals surface area contributed by atoms with Crippen molar-refractivity contribution in [1.29, 1.82) is 0 Å². The molecule has 3 rings (SSSR count). The maximum absolute atomic E-state index is 12.3. The van der Waals surface area contributed by atoms with Crippen LogP contribution in [0, 0.1) is 20.8 Å². The summed E-state index contributed by atoms with van der Waals surface area (Å²) in [5.41, 5.74) is 3.52. The number of carbonyl (C=O) groups is 1. The first-order chi connectivity index (χ1) is 13.0. The Morgan fingerprint density at radius 2 is 2.04 bits per heavy atom. The van der Waals surface area contributed by atoms with Gasteiger partial charge >= 0.3 is 6.03 Å². The molecule has 8 heteroatoms. The highest BCUT2D eigenvalue weighted by Crippen LogP contribution is 2.29. The number of nitrogens with zero attached hydrogens (tertiary/aromatic N) is 2. The van der Waals surface area contributed by atoms with Crippen LogP contribution < -0.4 is 20.7 Å². The van der Waals surface area contributed by atoms with E-state index in [-0.39, 0.29) is 6.10 Å². The minimum absolute atomic E-state index is 0.00938. The summed E-state index contributed by atoms with van der Waals surface area (Å²) < 4.78 is 11.6. The third kappa shape index (κ3) is 5.38. The van der Waals surface area contributed by atoms with Crippen molar-refractivity contribution in [2.75, 3.05) is 36.9 Å². The van der Waals surface area contributed by atoms with Crippen molar-refractivity contribution in [1.82, 2.24) is 15.3 Å². The molecule has 1 aromatic carbocycles. The number of hydrogen-bond acceptors (Lipinski definition) is 6. The maximum atomic E-state index is 12.3. The van der Waals surface area contributed by atoms with E-state index in [0.29, 0.717) is 30.5 Å². The minimum atomic E-state index is -0.406. The number of ether oxygens (including phenoxy) is 2. The molecule has 1 aliphatic heterocycles. The molecule has 0 saturated carbocycles. The van der Waals surface area contributed by atoms with Crippen LogP contribution in [0.15, 0.2) is 24.5 Å². The monoisotopic (exact) mass is 371 g/mol. The van der Waals surface area contributed by atoms with E-state index in [4.69, 9.17) is 9.47 Å². The van der Waals surface area contributed by atoms with Crippen LogP contribution in [0.4, 0.5) is 16.3 Å². The number of carbonyl (C=O) groups excluding carboxylic acids is 1. The van der Waals surface area contributed by atoms with Gasteiger partial charge in [-0.05, 0) is 44.0 Å². The summed E-state index contributed by atoms with van der Waals surface area (Å²) in [6.07, 6.45) is 3.10. The van der Waals surface area contributed by atoms with Crippen LogP contribution in [0.25, 0.3) is 0 Å². The zero-order valence-corrected chi connectivity index (χ0v) is 15.8. The molecule has 0 radical (unpaired) electrons. The van der Waals surface area contributed by atoms with E-state index in [1.165, 1.54) is 6.20 Å². The van der Waals surface area contributed by atoms with E-state index in [1.54, 1.807) is 6.20 Å². The molecule has 1 atom stereocenters. The van der Waals surface area contributed by atoms with Crippen molar-refractivity contribution in [2.24, 2.45) is 0 Å². The van der Waals surface area contributed by atoms with Gasteiger partial charge in [-0.15, -0.1) is 0 Å². The highest BCUT2D eigenvalue weighted by atomic mass is 16.5. The van der Waals surface area contributed by atoms with Gasteiger partial charge in [-0.1, -0.05) is 0 Å². The molecular weight excluding hydrogens is 346 g/mol. The van der Waals surface area contributed by atoms with Crippen LogP contribution in [0.2, 0.25) is 0 Å². The summed E-state index contributed by atoms with van der Waals surface area (Å²) in [5.74, 6) is 0.989. The molecule has 0 spiro atoms. The molecule has 2 amide bonds. The second-order valence-electron chi connectivity index (χ2n) is 6.56. The highest BCUT2D eigenvalue weighted by molar-refractivity contribution is 6.00. The first kappa shape index (κ1) is 19.1. The van der Waals surface area contributed by atoms with E-state index < -0.39 is 6.03 Å². The Bertz CT molecular complexity index is 789. The number of morpholine rings is 1. The second-order valence-corrected chi connectivity index (χ2v) is 6.56. The number of anilines is 2.